The van der Waals surface area contributed by atoms with Crippen molar-refractivity contribution in [2.75, 3.05) is 19.1 Å². The number of fused-ring (bicyclic) bond motifs is 1. The summed E-state index contributed by atoms with van der Waals surface area (Å²) in [6.45, 7) is 11.0. The lowest BCUT2D eigenvalue weighted by Gasteiger charge is -2.40. The van der Waals surface area contributed by atoms with Crippen LogP contribution in [0.5, 0.6) is 11.5 Å². The standard InChI is InChI=1S/C28H35NO5Si/c1-28(2,3)35(6,7)34-20-16-22(21-15-19(32-4)13-14-24(21)33-5)25-23(17-20)26(30)29(27(25)31)18-11-9-8-10-12-18/h8-16,22-23,25H,17H2,1-7H3/t22-,23+,25-/m0/s1. The number of benzene rings is 2. The van der Waals surface area contributed by atoms with Gasteiger partial charge < -0.3 is 13.9 Å². The average Bonchev–Trinajstić information content (AvgIpc) is 3.07. The van der Waals surface area contributed by atoms with Gasteiger partial charge in [0.1, 0.15) is 11.5 Å². The van der Waals surface area contributed by atoms with E-state index in [9.17, 15) is 9.59 Å². The van der Waals surface area contributed by atoms with Crippen LogP contribution in [0.1, 0.15) is 38.7 Å². The normalized spacial score (nSPS) is 22.5. The Balaban J connectivity index is 1.84. The molecule has 1 heterocycles. The molecule has 0 radical (unpaired) electrons. The second-order valence-electron chi connectivity index (χ2n) is 10.8. The molecule has 7 heteroatoms. The lowest BCUT2D eigenvalue weighted by molar-refractivity contribution is -0.122. The van der Waals surface area contributed by atoms with Crippen molar-refractivity contribution in [3.63, 3.8) is 0 Å². The minimum atomic E-state index is -2.16. The van der Waals surface area contributed by atoms with Crippen molar-refractivity contribution < 1.29 is 23.5 Å². The first-order chi connectivity index (χ1) is 16.5. The van der Waals surface area contributed by atoms with Gasteiger partial charge in [-0.1, -0.05) is 39.0 Å². The lowest BCUT2D eigenvalue weighted by atomic mass is 9.73. The Morgan fingerprint density at radius 1 is 0.943 bits per heavy atom. The van der Waals surface area contributed by atoms with E-state index in [1.54, 1.807) is 26.4 Å². The van der Waals surface area contributed by atoms with Gasteiger partial charge in [-0.3, -0.25) is 14.5 Å². The summed E-state index contributed by atoms with van der Waals surface area (Å²) in [5.74, 6) is 0.292. The molecule has 1 saturated heterocycles. The average molecular weight is 494 g/mol. The van der Waals surface area contributed by atoms with Gasteiger partial charge in [0.15, 0.2) is 0 Å². The Hall–Kier alpha value is -3.06. The summed E-state index contributed by atoms with van der Waals surface area (Å²) in [4.78, 5) is 28.8. The van der Waals surface area contributed by atoms with Gasteiger partial charge in [-0.15, -0.1) is 0 Å². The van der Waals surface area contributed by atoms with Gasteiger partial charge in [-0.05, 0) is 54.5 Å². The molecule has 1 aliphatic heterocycles. The molecule has 4 rings (SSSR count). The van der Waals surface area contributed by atoms with E-state index in [0.717, 1.165) is 11.3 Å². The van der Waals surface area contributed by atoms with Gasteiger partial charge in [0.05, 0.1) is 37.5 Å². The predicted molar refractivity (Wildman–Crippen MR) is 139 cm³/mol. The Bertz CT molecular complexity index is 1150. The van der Waals surface area contributed by atoms with Crippen LogP contribution in [0.2, 0.25) is 18.1 Å². The van der Waals surface area contributed by atoms with Crippen molar-refractivity contribution in [2.45, 2.75) is 51.2 Å². The molecule has 0 N–H and O–H groups in total. The van der Waals surface area contributed by atoms with Crippen molar-refractivity contribution in [1.82, 2.24) is 0 Å². The van der Waals surface area contributed by atoms with E-state index in [-0.39, 0.29) is 22.8 Å². The first-order valence-corrected chi connectivity index (χ1v) is 14.9. The molecule has 35 heavy (non-hydrogen) atoms. The number of amides is 2. The number of anilines is 1. The predicted octanol–water partition coefficient (Wildman–Crippen LogP) is 5.90. The van der Waals surface area contributed by atoms with Crippen LogP contribution in [0, 0.1) is 11.8 Å². The number of rotatable bonds is 6. The van der Waals surface area contributed by atoms with Gasteiger partial charge in [-0.2, -0.15) is 0 Å². The Morgan fingerprint density at radius 2 is 1.63 bits per heavy atom. The van der Waals surface area contributed by atoms with Crippen molar-refractivity contribution >= 4 is 25.8 Å². The summed E-state index contributed by atoms with van der Waals surface area (Å²) >= 11 is 0. The van der Waals surface area contributed by atoms with Crippen LogP contribution in [-0.2, 0) is 14.0 Å². The first-order valence-electron chi connectivity index (χ1n) is 12.0. The molecule has 186 valence electrons. The highest BCUT2D eigenvalue weighted by molar-refractivity contribution is 6.74. The molecule has 2 aliphatic rings. The fraction of sp³-hybridized carbons (Fsp3) is 0.429. The number of ether oxygens (including phenoxy) is 2. The summed E-state index contributed by atoms with van der Waals surface area (Å²) in [6.07, 6.45) is 2.45. The quantitative estimate of drug-likeness (QED) is 0.370. The number of hydrogen-bond donors (Lipinski definition) is 0. The minimum Gasteiger partial charge on any atom is -0.547 e. The maximum absolute atomic E-state index is 13.8. The molecule has 1 aliphatic carbocycles. The van der Waals surface area contributed by atoms with Crippen molar-refractivity contribution in [2.24, 2.45) is 11.8 Å². The highest BCUT2D eigenvalue weighted by Crippen LogP contribution is 2.50. The molecule has 0 saturated carbocycles. The van der Waals surface area contributed by atoms with E-state index in [4.69, 9.17) is 13.9 Å². The zero-order valence-electron chi connectivity index (χ0n) is 21.6. The molecule has 6 nitrogen and oxygen atoms in total. The first kappa shape index (κ1) is 25.0. The van der Waals surface area contributed by atoms with Crippen LogP contribution in [0.15, 0.2) is 60.4 Å². The third kappa shape index (κ3) is 4.49. The fourth-order valence-electron chi connectivity index (χ4n) is 4.73. The topological polar surface area (TPSA) is 65.1 Å². The highest BCUT2D eigenvalue weighted by atomic mass is 28.4. The zero-order chi connectivity index (χ0) is 25.5. The molecule has 2 amide bonds. The van der Waals surface area contributed by atoms with Crippen LogP contribution in [0.25, 0.3) is 0 Å². The third-order valence-corrected chi connectivity index (χ3v) is 12.0. The van der Waals surface area contributed by atoms with E-state index >= 15 is 0 Å². The summed E-state index contributed by atoms with van der Waals surface area (Å²) in [7, 11) is 1.06. The Kier molecular flexibility index (Phi) is 6.57. The number of carbonyl (C=O) groups is 2. The van der Waals surface area contributed by atoms with E-state index in [0.29, 0.717) is 23.6 Å². The van der Waals surface area contributed by atoms with E-state index < -0.39 is 20.2 Å². The third-order valence-electron chi connectivity index (χ3n) is 7.65. The van der Waals surface area contributed by atoms with Crippen LogP contribution >= 0.6 is 0 Å². The number of nitrogens with zero attached hydrogens (tertiary/aromatic N) is 1. The number of methoxy groups -OCH3 is 2. The largest absolute Gasteiger partial charge is 0.547 e. The van der Waals surface area contributed by atoms with Crippen molar-refractivity contribution in [3.05, 3.63) is 65.9 Å². The zero-order valence-corrected chi connectivity index (χ0v) is 22.6. The molecule has 0 aromatic heterocycles. The van der Waals surface area contributed by atoms with Crippen LogP contribution in [0.3, 0.4) is 0 Å². The van der Waals surface area contributed by atoms with Crippen molar-refractivity contribution in [3.8, 4) is 11.5 Å². The van der Waals surface area contributed by atoms with E-state index in [1.807, 2.05) is 42.5 Å². The highest BCUT2D eigenvalue weighted by Gasteiger charge is 2.54. The minimum absolute atomic E-state index is 0.000575. The smallest absolute Gasteiger partial charge is 0.250 e. The number of allylic oxidation sites excluding steroid dienone is 2. The summed E-state index contributed by atoms with van der Waals surface area (Å²) in [6, 6.07) is 14.7. The summed E-state index contributed by atoms with van der Waals surface area (Å²) < 4.78 is 17.9. The van der Waals surface area contributed by atoms with E-state index in [2.05, 4.69) is 33.9 Å². The molecular formula is C28H35NO5Si. The Morgan fingerprint density at radius 3 is 2.23 bits per heavy atom. The number of imide groups is 1. The molecule has 2 aromatic carbocycles. The number of carbonyl (C=O) groups excluding carboxylic acids is 2. The number of hydrogen-bond acceptors (Lipinski definition) is 5. The second-order valence-corrected chi connectivity index (χ2v) is 15.5. The maximum atomic E-state index is 13.8. The van der Waals surface area contributed by atoms with Gasteiger partial charge in [-0.25, -0.2) is 0 Å². The molecule has 3 atom stereocenters. The summed E-state index contributed by atoms with van der Waals surface area (Å²) in [5.41, 5.74) is 1.41. The maximum Gasteiger partial charge on any atom is 0.250 e. The SMILES string of the molecule is COc1ccc(OC)c([C@@H]2C=C(O[Si](C)(C)C(C)(C)C)C[C@H]3C(=O)N(c4ccccc4)C(=O)[C@H]32)c1. The fourth-order valence-corrected chi connectivity index (χ4v) is 5.84. The number of para-hydroxylation sites is 1. The van der Waals surface area contributed by atoms with Gasteiger partial charge in [0, 0.05) is 17.9 Å². The second kappa shape index (κ2) is 9.19. The molecule has 0 unspecified atom stereocenters. The van der Waals surface area contributed by atoms with Crippen LogP contribution in [0.4, 0.5) is 5.69 Å². The Labute approximate surface area is 209 Å². The molecular weight excluding hydrogens is 458 g/mol. The van der Waals surface area contributed by atoms with Crippen LogP contribution in [-0.4, -0.2) is 34.4 Å². The van der Waals surface area contributed by atoms with Gasteiger partial charge in [0.2, 0.25) is 20.1 Å². The molecule has 2 aromatic rings. The lowest BCUT2D eigenvalue weighted by Crippen LogP contribution is -2.41. The molecule has 0 bridgehead atoms. The van der Waals surface area contributed by atoms with Crippen LogP contribution < -0.4 is 14.4 Å². The van der Waals surface area contributed by atoms with Crippen molar-refractivity contribution in [1.29, 1.82) is 0 Å². The van der Waals surface area contributed by atoms with Gasteiger partial charge >= 0.3 is 0 Å². The molecule has 1 fully saturated rings. The van der Waals surface area contributed by atoms with Gasteiger partial charge in [0.25, 0.3) is 0 Å². The van der Waals surface area contributed by atoms with E-state index in [1.165, 1.54) is 4.90 Å². The molecule has 0 spiro atoms. The summed E-state index contributed by atoms with van der Waals surface area (Å²) in [5, 5.41) is -0.000575. The monoisotopic (exact) mass is 493 g/mol.